The molecule has 0 fully saturated rings. The summed E-state index contributed by atoms with van der Waals surface area (Å²) in [6.45, 7) is 5.74. The molecule has 0 aliphatic heterocycles. The molecule has 96 valence electrons. The Labute approximate surface area is 97.8 Å². The summed E-state index contributed by atoms with van der Waals surface area (Å²) in [6.07, 6.45) is 0.0797. The van der Waals surface area contributed by atoms with Crippen LogP contribution in [0.25, 0.3) is 0 Å². The molecule has 0 rings (SSSR count). The van der Waals surface area contributed by atoms with Gasteiger partial charge in [-0.3, -0.25) is 4.79 Å². The summed E-state index contributed by atoms with van der Waals surface area (Å²) < 4.78 is 29.3. The number of ether oxygens (including phenoxy) is 1. The maximum Gasteiger partial charge on any atom is 0.306 e. The minimum absolute atomic E-state index is 0.0671. The Bertz CT molecular complexity index is 329. The maximum absolute atomic E-state index is 11.8. The van der Waals surface area contributed by atoms with Crippen molar-refractivity contribution in [1.82, 2.24) is 4.31 Å². The largest absolute Gasteiger partial charge is 0.469 e. The lowest BCUT2D eigenvalue weighted by Gasteiger charge is -2.23. The second-order valence-corrected chi connectivity index (χ2v) is 7.04. The third kappa shape index (κ3) is 6.07. The second-order valence-electron chi connectivity index (χ2n) is 4.96. The smallest absolute Gasteiger partial charge is 0.306 e. The SMILES string of the molecule is COC(=O)CCN(C)S(=O)(=O)CC(C)(C)C. The first-order valence-corrected chi connectivity index (χ1v) is 6.70. The van der Waals surface area contributed by atoms with Crippen LogP contribution in [0, 0.1) is 5.41 Å². The highest BCUT2D eigenvalue weighted by Gasteiger charge is 2.25. The number of nitrogens with zero attached hydrogens (tertiary/aromatic N) is 1. The van der Waals surface area contributed by atoms with Gasteiger partial charge in [0.15, 0.2) is 0 Å². The molecule has 0 aromatic heterocycles. The lowest BCUT2D eigenvalue weighted by molar-refractivity contribution is -0.140. The second kappa shape index (κ2) is 5.63. The Morgan fingerprint density at radius 1 is 1.31 bits per heavy atom. The average Bonchev–Trinajstić information content (AvgIpc) is 2.09. The molecule has 0 N–H and O–H groups in total. The van der Waals surface area contributed by atoms with Crippen LogP contribution in [0.15, 0.2) is 0 Å². The van der Waals surface area contributed by atoms with E-state index in [0.717, 1.165) is 0 Å². The van der Waals surface area contributed by atoms with E-state index in [-0.39, 0.29) is 24.1 Å². The standard InChI is InChI=1S/C10H21NO4S/c1-10(2,3)8-16(13,14)11(4)7-6-9(12)15-5/h6-8H2,1-5H3. The van der Waals surface area contributed by atoms with Crippen LogP contribution in [0.1, 0.15) is 27.2 Å². The highest BCUT2D eigenvalue weighted by atomic mass is 32.2. The first-order valence-electron chi connectivity index (χ1n) is 5.09. The fourth-order valence-electron chi connectivity index (χ4n) is 1.15. The van der Waals surface area contributed by atoms with Crippen molar-refractivity contribution in [3.63, 3.8) is 0 Å². The zero-order valence-electron chi connectivity index (χ0n) is 10.6. The van der Waals surface area contributed by atoms with E-state index in [1.54, 1.807) is 0 Å². The zero-order chi connectivity index (χ0) is 13.0. The maximum atomic E-state index is 11.8. The van der Waals surface area contributed by atoms with Crippen LogP contribution in [-0.2, 0) is 19.6 Å². The topological polar surface area (TPSA) is 63.7 Å². The van der Waals surface area contributed by atoms with Crippen molar-refractivity contribution in [3.8, 4) is 0 Å². The molecule has 0 atom stereocenters. The summed E-state index contributed by atoms with van der Waals surface area (Å²) in [5, 5.41) is 0. The van der Waals surface area contributed by atoms with Gasteiger partial charge in [-0.25, -0.2) is 12.7 Å². The lowest BCUT2D eigenvalue weighted by atomic mass is 10.0. The van der Waals surface area contributed by atoms with Crippen LogP contribution in [-0.4, -0.2) is 45.1 Å². The van der Waals surface area contributed by atoms with Crippen LogP contribution in [0.2, 0.25) is 0 Å². The molecule has 0 spiro atoms. The number of methoxy groups -OCH3 is 1. The molecule has 0 aliphatic rings. The quantitative estimate of drug-likeness (QED) is 0.680. The first kappa shape index (κ1) is 15.4. The van der Waals surface area contributed by atoms with E-state index in [1.165, 1.54) is 18.5 Å². The zero-order valence-corrected chi connectivity index (χ0v) is 11.4. The van der Waals surface area contributed by atoms with Crippen LogP contribution >= 0.6 is 0 Å². The summed E-state index contributed by atoms with van der Waals surface area (Å²) in [5.41, 5.74) is -0.293. The molecule has 0 aromatic rings. The monoisotopic (exact) mass is 251 g/mol. The summed E-state index contributed by atoms with van der Waals surface area (Å²) in [6, 6.07) is 0. The third-order valence-corrected chi connectivity index (χ3v) is 4.31. The fraction of sp³-hybridized carbons (Fsp3) is 0.900. The van der Waals surface area contributed by atoms with Crippen molar-refractivity contribution in [3.05, 3.63) is 0 Å². The molecule has 16 heavy (non-hydrogen) atoms. The summed E-state index contributed by atoms with van der Waals surface area (Å²) in [5.74, 6) is -0.338. The summed E-state index contributed by atoms with van der Waals surface area (Å²) in [4.78, 5) is 10.9. The molecule has 0 aliphatic carbocycles. The molecule has 0 saturated heterocycles. The van der Waals surface area contributed by atoms with Crippen molar-refractivity contribution in [2.24, 2.45) is 5.41 Å². The van der Waals surface area contributed by atoms with Gasteiger partial charge in [-0.2, -0.15) is 0 Å². The highest BCUT2D eigenvalue weighted by molar-refractivity contribution is 7.89. The van der Waals surface area contributed by atoms with Crippen LogP contribution in [0.4, 0.5) is 0 Å². The van der Waals surface area contributed by atoms with Gasteiger partial charge < -0.3 is 4.74 Å². The van der Waals surface area contributed by atoms with Crippen LogP contribution in [0.3, 0.4) is 0 Å². The molecule has 0 unspecified atom stereocenters. The van der Waals surface area contributed by atoms with E-state index in [2.05, 4.69) is 4.74 Å². The van der Waals surface area contributed by atoms with E-state index in [1.807, 2.05) is 20.8 Å². The number of hydrogen-bond donors (Lipinski definition) is 0. The molecular weight excluding hydrogens is 230 g/mol. The van der Waals surface area contributed by atoms with Crippen LogP contribution < -0.4 is 0 Å². The summed E-state index contributed by atoms with van der Waals surface area (Å²) in [7, 11) is -0.536. The predicted molar refractivity (Wildman–Crippen MR) is 62.5 cm³/mol. The Morgan fingerprint density at radius 2 is 1.81 bits per heavy atom. The Hall–Kier alpha value is -0.620. The van der Waals surface area contributed by atoms with Gasteiger partial charge in [0.25, 0.3) is 0 Å². The van der Waals surface area contributed by atoms with Gasteiger partial charge in [0.05, 0.1) is 19.3 Å². The van der Waals surface area contributed by atoms with Gasteiger partial charge in [-0.05, 0) is 5.41 Å². The van der Waals surface area contributed by atoms with E-state index < -0.39 is 16.0 Å². The molecule has 0 bridgehead atoms. The van der Waals surface area contributed by atoms with Gasteiger partial charge in [0.1, 0.15) is 0 Å². The van der Waals surface area contributed by atoms with Crippen molar-refractivity contribution in [1.29, 1.82) is 0 Å². The van der Waals surface area contributed by atoms with Gasteiger partial charge in [-0.15, -0.1) is 0 Å². The third-order valence-electron chi connectivity index (χ3n) is 1.95. The molecule has 0 heterocycles. The molecule has 0 saturated carbocycles. The number of carbonyl (C=O) groups excluding carboxylic acids is 1. The van der Waals surface area contributed by atoms with Gasteiger partial charge >= 0.3 is 5.97 Å². The number of esters is 1. The Kier molecular flexibility index (Phi) is 5.41. The van der Waals surface area contributed by atoms with Crippen LogP contribution in [0.5, 0.6) is 0 Å². The number of sulfonamides is 1. The minimum atomic E-state index is -3.30. The van der Waals surface area contributed by atoms with Crippen molar-refractivity contribution >= 4 is 16.0 Å². The Balaban J connectivity index is 4.37. The van der Waals surface area contributed by atoms with Crippen molar-refractivity contribution in [2.45, 2.75) is 27.2 Å². The molecule has 6 heteroatoms. The first-order chi connectivity index (χ1) is 7.08. The summed E-state index contributed by atoms with van der Waals surface area (Å²) >= 11 is 0. The van der Waals surface area contributed by atoms with E-state index in [9.17, 15) is 13.2 Å². The lowest BCUT2D eigenvalue weighted by Crippen LogP contribution is -2.35. The van der Waals surface area contributed by atoms with Gasteiger partial charge in [0.2, 0.25) is 10.0 Å². The van der Waals surface area contributed by atoms with E-state index in [0.29, 0.717) is 0 Å². The highest BCUT2D eigenvalue weighted by Crippen LogP contribution is 2.18. The number of hydrogen-bond acceptors (Lipinski definition) is 4. The van der Waals surface area contributed by atoms with E-state index in [4.69, 9.17) is 0 Å². The Morgan fingerprint density at radius 3 is 2.19 bits per heavy atom. The normalized spacial score (nSPS) is 12.9. The average molecular weight is 251 g/mol. The fourth-order valence-corrected chi connectivity index (χ4v) is 2.83. The predicted octanol–water partition coefficient (Wildman–Crippen LogP) is 0.857. The molecule has 0 amide bonds. The molecule has 0 aromatic carbocycles. The van der Waals surface area contributed by atoms with Gasteiger partial charge in [-0.1, -0.05) is 20.8 Å². The minimum Gasteiger partial charge on any atom is -0.469 e. The molecular formula is C10H21NO4S. The van der Waals surface area contributed by atoms with E-state index >= 15 is 0 Å². The molecule has 0 radical (unpaired) electrons. The van der Waals surface area contributed by atoms with Gasteiger partial charge in [0, 0.05) is 13.6 Å². The molecule has 5 nitrogen and oxygen atoms in total. The van der Waals surface area contributed by atoms with Crippen molar-refractivity contribution < 1.29 is 17.9 Å². The van der Waals surface area contributed by atoms with Crippen molar-refractivity contribution in [2.75, 3.05) is 26.5 Å². The number of carbonyl (C=O) groups is 1. The number of rotatable bonds is 5.